The minimum Gasteiger partial charge on any atom is -0.314 e. The van der Waals surface area contributed by atoms with Gasteiger partial charge in [0.15, 0.2) is 4.96 Å². The predicted molar refractivity (Wildman–Crippen MR) is 79.7 cm³/mol. The first-order valence-corrected chi connectivity index (χ1v) is 8.62. The van der Waals surface area contributed by atoms with Crippen molar-refractivity contribution < 1.29 is 0 Å². The monoisotopic (exact) mass is 281 g/mol. The summed E-state index contributed by atoms with van der Waals surface area (Å²) in [6.45, 7) is 3.24. The Kier molecular flexibility index (Phi) is 3.91. The summed E-state index contributed by atoms with van der Waals surface area (Å²) in [5.41, 5.74) is 1.23. The Balaban J connectivity index is 1.72. The second kappa shape index (κ2) is 5.63. The van der Waals surface area contributed by atoms with Crippen LogP contribution in [0.2, 0.25) is 0 Å². The molecule has 1 N–H and O–H groups in total. The highest BCUT2D eigenvalue weighted by Crippen LogP contribution is 2.28. The third-order valence-corrected chi connectivity index (χ3v) is 5.53. The van der Waals surface area contributed by atoms with Crippen LogP contribution in [0.5, 0.6) is 0 Å². The minimum atomic E-state index is 0.592. The molecule has 2 aromatic heterocycles. The maximum absolute atomic E-state index is 4.70. The third kappa shape index (κ3) is 2.58. The zero-order valence-electron chi connectivity index (χ0n) is 10.6. The molecular weight excluding hydrogens is 262 g/mol. The van der Waals surface area contributed by atoms with Crippen molar-refractivity contribution in [1.29, 1.82) is 0 Å². The van der Waals surface area contributed by atoms with Crippen LogP contribution in [0.15, 0.2) is 17.8 Å². The van der Waals surface area contributed by atoms with E-state index in [0.29, 0.717) is 6.04 Å². The third-order valence-electron chi connectivity index (χ3n) is 3.57. The fraction of sp³-hybridized carbons (Fsp3) is 0.615. The normalized spacial score (nSPS) is 21.7. The molecule has 2 atom stereocenters. The lowest BCUT2D eigenvalue weighted by Gasteiger charge is -2.22. The molecular formula is C13H19N3S2. The average Bonchev–Trinajstić information content (AvgIpc) is 3.04. The van der Waals surface area contributed by atoms with Crippen LogP contribution in [-0.2, 0) is 6.42 Å². The zero-order chi connectivity index (χ0) is 12.4. The molecule has 0 aromatic carbocycles. The van der Waals surface area contributed by atoms with Gasteiger partial charge in [0, 0.05) is 30.2 Å². The largest absolute Gasteiger partial charge is 0.314 e. The Hall–Kier alpha value is -0.520. The average molecular weight is 281 g/mol. The summed E-state index contributed by atoms with van der Waals surface area (Å²) in [6.07, 6.45) is 6.68. The van der Waals surface area contributed by atoms with Gasteiger partial charge in [-0.05, 0) is 30.4 Å². The van der Waals surface area contributed by atoms with E-state index in [2.05, 4.69) is 46.2 Å². The van der Waals surface area contributed by atoms with E-state index in [4.69, 9.17) is 4.98 Å². The van der Waals surface area contributed by atoms with Gasteiger partial charge in [-0.1, -0.05) is 6.92 Å². The van der Waals surface area contributed by atoms with Crippen molar-refractivity contribution in [2.45, 2.75) is 25.8 Å². The Morgan fingerprint density at radius 3 is 3.28 bits per heavy atom. The van der Waals surface area contributed by atoms with Crippen molar-refractivity contribution >= 4 is 28.1 Å². The van der Waals surface area contributed by atoms with Crippen LogP contribution in [0.1, 0.15) is 19.0 Å². The number of hydrogen-bond donors (Lipinski definition) is 1. The van der Waals surface area contributed by atoms with Crippen molar-refractivity contribution in [2.75, 3.05) is 18.1 Å². The van der Waals surface area contributed by atoms with Crippen LogP contribution in [-0.4, -0.2) is 33.5 Å². The molecule has 0 amide bonds. The number of nitrogens with zero attached hydrogens (tertiary/aromatic N) is 2. The van der Waals surface area contributed by atoms with E-state index in [1.165, 1.54) is 23.6 Å². The van der Waals surface area contributed by atoms with Crippen LogP contribution in [0.3, 0.4) is 0 Å². The van der Waals surface area contributed by atoms with Crippen LogP contribution in [0.25, 0.3) is 4.96 Å². The summed E-state index contributed by atoms with van der Waals surface area (Å²) in [5, 5.41) is 5.74. The molecule has 0 bridgehead atoms. The fourth-order valence-electron chi connectivity index (χ4n) is 2.64. The molecule has 2 unspecified atom stereocenters. The molecule has 0 saturated carbocycles. The van der Waals surface area contributed by atoms with Gasteiger partial charge < -0.3 is 5.32 Å². The fourth-order valence-corrected chi connectivity index (χ4v) is 4.69. The summed E-state index contributed by atoms with van der Waals surface area (Å²) >= 11 is 3.80. The van der Waals surface area contributed by atoms with Gasteiger partial charge in [0.1, 0.15) is 0 Å². The number of imidazole rings is 1. The number of thiazole rings is 1. The van der Waals surface area contributed by atoms with E-state index in [1.807, 2.05) is 0 Å². The molecule has 2 aromatic rings. The lowest BCUT2D eigenvalue weighted by atomic mass is 9.95. The van der Waals surface area contributed by atoms with E-state index in [1.54, 1.807) is 11.3 Å². The molecule has 0 spiro atoms. The molecule has 18 heavy (non-hydrogen) atoms. The van der Waals surface area contributed by atoms with Crippen molar-refractivity contribution in [3.8, 4) is 0 Å². The number of likely N-dealkylation sites (N-methyl/N-ethyl adjacent to an activating group) is 1. The molecule has 5 heteroatoms. The first-order valence-electron chi connectivity index (χ1n) is 6.59. The highest BCUT2D eigenvalue weighted by atomic mass is 32.2. The Morgan fingerprint density at radius 1 is 1.61 bits per heavy atom. The number of thioether (sulfide) groups is 1. The van der Waals surface area contributed by atoms with Crippen LogP contribution >= 0.6 is 23.1 Å². The summed E-state index contributed by atoms with van der Waals surface area (Å²) < 4.78 is 2.13. The Labute approximate surface area is 116 Å². The molecule has 98 valence electrons. The maximum Gasteiger partial charge on any atom is 0.193 e. The summed E-state index contributed by atoms with van der Waals surface area (Å²) in [4.78, 5) is 5.81. The van der Waals surface area contributed by atoms with Gasteiger partial charge in [-0.15, -0.1) is 11.3 Å². The van der Waals surface area contributed by atoms with E-state index < -0.39 is 0 Å². The topological polar surface area (TPSA) is 29.3 Å². The van der Waals surface area contributed by atoms with E-state index in [9.17, 15) is 0 Å². The smallest absolute Gasteiger partial charge is 0.193 e. The van der Waals surface area contributed by atoms with Gasteiger partial charge in [-0.2, -0.15) is 11.8 Å². The highest BCUT2D eigenvalue weighted by Gasteiger charge is 2.25. The van der Waals surface area contributed by atoms with Crippen molar-refractivity contribution in [3.63, 3.8) is 0 Å². The van der Waals surface area contributed by atoms with Gasteiger partial charge in [0.2, 0.25) is 0 Å². The SMILES string of the molecule is CCNC(Cc1cn2ccsc2n1)C1CCSC1. The number of hydrogen-bond acceptors (Lipinski definition) is 4. The van der Waals surface area contributed by atoms with Crippen LogP contribution in [0, 0.1) is 5.92 Å². The summed E-state index contributed by atoms with van der Waals surface area (Å²) in [5.74, 6) is 3.44. The van der Waals surface area contributed by atoms with E-state index in [-0.39, 0.29) is 0 Å². The van der Waals surface area contributed by atoms with Crippen molar-refractivity contribution in [2.24, 2.45) is 5.92 Å². The minimum absolute atomic E-state index is 0.592. The quantitative estimate of drug-likeness (QED) is 0.913. The summed E-state index contributed by atoms with van der Waals surface area (Å²) in [7, 11) is 0. The Morgan fingerprint density at radius 2 is 2.56 bits per heavy atom. The standard InChI is InChI=1S/C13H19N3S2/c1-2-14-12(10-3-5-17-9-10)7-11-8-16-4-6-18-13(16)15-11/h4,6,8,10,12,14H,2-3,5,7,9H2,1H3. The van der Waals surface area contributed by atoms with E-state index >= 15 is 0 Å². The predicted octanol–water partition coefficient (Wildman–Crippen LogP) is 2.67. The molecule has 3 nitrogen and oxygen atoms in total. The summed E-state index contributed by atoms with van der Waals surface area (Å²) in [6, 6.07) is 0.592. The molecule has 3 heterocycles. The number of fused-ring (bicyclic) bond motifs is 1. The Bertz CT molecular complexity index is 471. The van der Waals surface area contributed by atoms with Gasteiger partial charge >= 0.3 is 0 Å². The number of nitrogens with one attached hydrogen (secondary N) is 1. The zero-order valence-corrected chi connectivity index (χ0v) is 12.3. The molecule has 1 aliphatic heterocycles. The van der Waals surface area contributed by atoms with Gasteiger partial charge in [0.25, 0.3) is 0 Å². The van der Waals surface area contributed by atoms with Crippen molar-refractivity contribution in [1.82, 2.24) is 14.7 Å². The first-order chi connectivity index (χ1) is 8.86. The first kappa shape index (κ1) is 12.5. The molecule has 3 rings (SSSR count). The van der Waals surface area contributed by atoms with E-state index in [0.717, 1.165) is 23.8 Å². The maximum atomic E-state index is 4.70. The second-order valence-corrected chi connectivity index (χ2v) is 6.84. The number of aromatic nitrogens is 2. The van der Waals surface area contributed by atoms with Gasteiger partial charge in [-0.3, -0.25) is 4.40 Å². The molecule has 1 fully saturated rings. The second-order valence-electron chi connectivity index (χ2n) is 4.82. The molecule has 0 radical (unpaired) electrons. The molecule has 0 aliphatic carbocycles. The highest BCUT2D eigenvalue weighted by molar-refractivity contribution is 7.99. The van der Waals surface area contributed by atoms with Gasteiger partial charge in [0.05, 0.1) is 5.69 Å². The molecule has 1 saturated heterocycles. The number of rotatable bonds is 5. The lowest BCUT2D eigenvalue weighted by Crippen LogP contribution is -2.38. The van der Waals surface area contributed by atoms with Crippen LogP contribution < -0.4 is 5.32 Å². The van der Waals surface area contributed by atoms with Crippen LogP contribution in [0.4, 0.5) is 0 Å². The lowest BCUT2D eigenvalue weighted by molar-refractivity contribution is 0.385. The van der Waals surface area contributed by atoms with Gasteiger partial charge in [-0.25, -0.2) is 4.98 Å². The van der Waals surface area contributed by atoms with Crippen molar-refractivity contribution in [3.05, 3.63) is 23.5 Å². The molecule has 1 aliphatic rings.